The van der Waals surface area contributed by atoms with Crippen molar-refractivity contribution < 1.29 is 33.1 Å². The molecule has 3 rings (SSSR count). The van der Waals surface area contributed by atoms with Gasteiger partial charge in [0.05, 0.1) is 17.7 Å². The number of fused-ring (bicyclic) bond motifs is 1. The van der Waals surface area contributed by atoms with Crippen molar-refractivity contribution >= 4 is 23.4 Å². The summed E-state index contributed by atoms with van der Waals surface area (Å²) in [5.74, 6) is -0.115. The van der Waals surface area contributed by atoms with Crippen LogP contribution in [0.3, 0.4) is 0 Å². The number of methoxy groups -OCH3 is 2. The molecule has 2 heterocycles. The van der Waals surface area contributed by atoms with Crippen molar-refractivity contribution in [3.63, 3.8) is 0 Å². The van der Waals surface area contributed by atoms with Gasteiger partial charge in [0.25, 0.3) is 11.8 Å². The van der Waals surface area contributed by atoms with E-state index in [0.717, 1.165) is 0 Å². The Morgan fingerprint density at radius 3 is 2.58 bits per heavy atom. The Labute approximate surface area is 210 Å². The van der Waals surface area contributed by atoms with Crippen LogP contribution >= 0.6 is 0 Å². The van der Waals surface area contributed by atoms with Crippen molar-refractivity contribution in [3.8, 4) is 5.75 Å². The molecule has 3 atom stereocenters. The van der Waals surface area contributed by atoms with Gasteiger partial charge >= 0.3 is 0 Å². The number of aromatic nitrogens is 1. The van der Waals surface area contributed by atoms with Gasteiger partial charge in [-0.15, -0.1) is 0 Å². The molecule has 1 aliphatic heterocycles. The fourth-order valence-electron chi connectivity index (χ4n) is 4.07. The van der Waals surface area contributed by atoms with E-state index in [1.54, 1.807) is 49.1 Å². The fourth-order valence-corrected chi connectivity index (χ4v) is 4.07. The number of nitrogens with one attached hydrogen (secondary N) is 1. The van der Waals surface area contributed by atoms with Crippen molar-refractivity contribution in [2.45, 2.75) is 32.9 Å². The minimum absolute atomic E-state index is 0.0508. The minimum Gasteiger partial charge on any atom is -0.491 e. The SMILES string of the molecule is COCC(=O)N1C[C@@H](C)[C@@H](OC)CN(C)C(=O)c2ccc(NC(=O)c3cc(C)on3)cc2OC[C@H]1C. The number of nitrogens with zero attached hydrogens (tertiary/aromatic N) is 3. The third-order valence-electron chi connectivity index (χ3n) is 6.15. The number of benzene rings is 1. The van der Waals surface area contributed by atoms with Crippen molar-refractivity contribution in [2.75, 3.05) is 52.9 Å². The van der Waals surface area contributed by atoms with E-state index in [1.807, 2.05) is 13.8 Å². The van der Waals surface area contributed by atoms with Crippen LogP contribution in [0.5, 0.6) is 5.75 Å². The van der Waals surface area contributed by atoms with Gasteiger partial charge < -0.3 is 33.9 Å². The molecule has 1 aliphatic rings. The molecule has 0 fully saturated rings. The van der Waals surface area contributed by atoms with E-state index >= 15 is 0 Å². The van der Waals surface area contributed by atoms with E-state index in [4.69, 9.17) is 18.7 Å². The van der Waals surface area contributed by atoms with Crippen molar-refractivity contribution in [2.24, 2.45) is 5.92 Å². The van der Waals surface area contributed by atoms with Gasteiger partial charge in [-0.25, -0.2) is 0 Å². The van der Waals surface area contributed by atoms with Crippen LogP contribution in [0.25, 0.3) is 0 Å². The molecule has 0 unspecified atom stereocenters. The first kappa shape index (κ1) is 27.2. The Balaban J connectivity index is 1.93. The lowest BCUT2D eigenvalue weighted by atomic mass is 10.0. The fraction of sp³-hybridized carbons (Fsp3) is 0.520. The maximum absolute atomic E-state index is 13.3. The first-order chi connectivity index (χ1) is 17.1. The van der Waals surface area contributed by atoms with Crippen LogP contribution in [0, 0.1) is 12.8 Å². The number of carbonyl (C=O) groups excluding carboxylic acids is 3. The number of ether oxygens (including phenoxy) is 3. The van der Waals surface area contributed by atoms with Crippen LogP contribution < -0.4 is 10.1 Å². The van der Waals surface area contributed by atoms with Gasteiger partial charge in [0.15, 0.2) is 5.69 Å². The number of amides is 3. The van der Waals surface area contributed by atoms with Crippen molar-refractivity contribution in [1.29, 1.82) is 0 Å². The quantitative estimate of drug-likeness (QED) is 0.660. The third-order valence-corrected chi connectivity index (χ3v) is 6.15. The van der Waals surface area contributed by atoms with E-state index in [2.05, 4.69) is 10.5 Å². The van der Waals surface area contributed by atoms with E-state index in [-0.39, 0.29) is 54.5 Å². The average Bonchev–Trinajstić information content (AvgIpc) is 3.29. The molecule has 196 valence electrons. The molecule has 36 heavy (non-hydrogen) atoms. The molecule has 1 aromatic carbocycles. The molecule has 0 bridgehead atoms. The molecule has 1 aromatic heterocycles. The first-order valence-electron chi connectivity index (χ1n) is 11.7. The van der Waals surface area contributed by atoms with E-state index < -0.39 is 5.91 Å². The smallest absolute Gasteiger partial charge is 0.277 e. The van der Waals surface area contributed by atoms with Crippen LogP contribution in [-0.2, 0) is 14.3 Å². The molecule has 0 radical (unpaired) electrons. The number of hydrogen-bond donors (Lipinski definition) is 1. The molecule has 2 aromatic rings. The van der Waals surface area contributed by atoms with Gasteiger partial charge in [-0.05, 0) is 26.0 Å². The van der Waals surface area contributed by atoms with Crippen LogP contribution in [0.4, 0.5) is 5.69 Å². The second-order valence-electron chi connectivity index (χ2n) is 9.06. The molecule has 11 nitrogen and oxygen atoms in total. The summed E-state index contributed by atoms with van der Waals surface area (Å²) in [7, 11) is 4.76. The summed E-state index contributed by atoms with van der Waals surface area (Å²) >= 11 is 0. The Morgan fingerprint density at radius 1 is 1.19 bits per heavy atom. The highest BCUT2D eigenvalue weighted by atomic mass is 16.5. The van der Waals surface area contributed by atoms with Gasteiger partial charge in [-0.3, -0.25) is 14.4 Å². The number of anilines is 1. The molecule has 1 N–H and O–H groups in total. The maximum atomic E-state index is 13.3. The number of likely N-dealkylation sites (N-methyl/N-ethyl adjacent to an activating group) is 1. The molecule has 0 aliphatic carbocycles. The Kier molecular flexibility index (Phi) is 9.05. The van der Waals surface area contributed by atoms with E-state index in [9.17, 15) is 14.4 Å². The zero-order valence-electron chi connectivity index (χ0n) is 21.6. The topological polar surface area (TPSA) is 123 Å². The maximum Gasteiger partial charge on any atom is 0.277 e. The van der Waals surface area contributed by atoms with Crippen LogP contribution in [0.15, 0.2) is 28.8 Å². The summed E-state index contributed by atoms with van der Waals surface area (Å²) in [5, 5.41) is 6.47. The highest BCUT2D eigenvalue weighted by molar-refractivity contribution is 6.03. The lowest BCUT2D eigenvalue weighted by Gasteiger charge is -2.36. The Morgan fingerprint density at radius 2 is 1.94 bits per heavy atom. The van der Waals surface area contributed by atoms with Crippen LogP contribution in [0.2, 0.25) is 0 Å². The second-order valence-corrected chi connectivity index (χ2v) is 9.06. The standard InChI is InChI=1S/C25H34N4O7/c1-15-11-29(23(30)14-33-5)16(2)13-35-21-10-18(26-24(31)20-9-17(3)36-27-20)7-8-19(21)25(32)28(4)12-22(15)34-6/h7-10,15-16,22H,11-14H2,1-6H3,(H,26,31)/t15-,16-,22+/m1/s1. The molecule has 3 amide bonds. The van der Waals surface area contributed by atoms with Crippen molar-refractivity contribution in [3.05, 3.63) is 41.3 Å². The summed E-state index contributed by atoms with van der Waals surface area (Å²) in [6.07, 6.45) is -0.294. The van der Waals surface area contributed by atoms with Crippen LogP contribution in [-0.4, -0.2) is 92.4 Å². The largest absolute Gasteiger partial charge is 0.491 e. The summed E-state index contributed by atoms with van der Waals surface area (Å²) in [4.78, 5) is 41.9. The lowest BCUT2D eigenvalue weighted by molar-refractivity contribution is -0.139. The van der Waals surface area contributed by atoms with E-state index in [1.165, 1.54) is 13.2 Å². The molecular formula is C25H34N4O7. The van der Waals surface area contributed by atoms with Crippen molar-refractivity contribution in [1.82, 2.24) is 15.0 Å². The molecule has 0 spiro atoms. The molecule has 11 heteroatoms. The van der Waals surface area contributed by atoms with Crippen LogP contribution in [0.1, 0.15) is 40.5 Å². The Hall–Kier alpha value is -3.44. The number of carbonyl (C=O) groups is 3. The van der Waals surface area contributed by atoms with Gasteiger partial charge in [-0.2, -0.15) is 0 Å². The van der Waals surface area contributed by atoms with Gasteiger partial charge in [0, 0.05) is 58.1 Å². The van der Waals surface area contributed by atoms with Gasteiger partial charge in [-0.1, -0.05) is 12.1 Å². The number of hydrogen-bond acceptors (Lipinski definition) is 8. The van der Waals surface area contributed by atoms with Gasteiger partial charge in [0.2, 0.25) is 5.91 Å². The highest BCUT2D eigenvalue weighted by Crippen LogP contribution is 2.27. The lowest BCUT2D eigenvalue weighted by Crippen LogP contribution is -2.49. The minimum atomic E-state index is -0.454. The number of rotatable bonds is 5. The summed E-state index contributed by atoms with van der Waals surface area (Å²) in [5.41, 5.74) is 0.890. The van der Waals surface area contributed by atoms with Gasteiger partial charge in [0.1, 0.15) is 24.7 Å². The normalized spacial score (nSPS) is 21.2. The summed E-state index contributed by atoms with van der Waals surface area (Å²) in [6.45, 7) is 6.36. The van der Waals surface area contributed by atoms with E-state index in [0.29, 0.717) is 30.1 Å². The average molecular weight is 503 g/mol. The predicted molar refractivity (Wildman–Crippen MR) is 131 cm³/mol. The summed E-state index contributed by atoms with van der Waals surface area (Å²) in [6, 6.07) is 6.02. The molecule has 0 saturated heterocycles. The number of aryl methyl sites for hydroxylation is 1. The second kappa shape index (κ2) is 12.0. The predicted octanol–water partition coefficient (Wildman–Crippen LogP) is 2.21. The third kappa shape index (κ3) is 6.41. The first-order valence-corrected chi connectivity index (χ1v) is 11.7. The monoisotopic (exact) mass is 502 g/mol. The molecular weight excluding hydrogens is 468 g/mol. The molecule has 0 saturated carbocycles. The summed E-state index contributed by atoms with van der Waals surface area (Å²) < 4.78 is 21.8. The highest BCUT2D eigenvalue weighted by Gasteiger charge is 2.30. The zero-order chi connectivity index (χ0) is 26.4. The Bertz CT molecular complexity index is 1090. The zero-order valence-corrected chi connectivity index (χ0v) is 21.6.